The number of fused-ring (bicyclic) bond motifs is 1. The molecule has 6 rings (SSSR count). The number of sulfone groups is 1. The number of aromatic nitrogens is 4. The summed E-state index contributed by atoms with van der Waals surface area (Å²) in [5.74, 6) is 3.72. The molecule has 3 N–H and O–H groups in total. The molecular formula is C31H40N6O3S. The first-order chi connectivity index (χ1) is 19.8. The molecule has 41 heavy (non-hydrogen) atoms. The summed E-state index contributed by atoms with van der Waals surface area (Å²) in [6.07, 6.45) is 14.9. The summed E-state index contributed by atoms with van der Waals surface area (Å²) in [7, 11) is -3.21. The molecular weight excluding hydrogens is 536 g/mol. The lowest BCUT2D eigenvalue weighted by atomic mass is 9.82. The van der Waals surface area contributed by atoms with Crippen molar-refractivity contribution >= 4 is 33.2 Å². The predicted octanol–water partition coefficient (Wildman–Crippen LogP) is 5.74. The Hall–Kier alpha value is -3.27. The molecule has 2 heterocycles. The number of hydrogen-bond acceptors (Lipinski definition) is 8. The Morgan fingerprint density at radius 2 is 1.68 bits per heavy atom. The maximum absolute atomic E-state index is 12.9. The van der Waals surface area contributed by atoms with Gasteiger partial charge >= 0.3 is 0 Å². The minimum Gasteiger partial charge on any atom is -0.351 e. The number of carbonyl (C=O) groups excluding carboxylic acids is 1. The van der Waals surface area contributed by atoms with Crippen molar-refractivity contribution in [3.8, 4) is 0 Å². The van der Waals surface area contributed by atoms with E-state index in [9.17, 15) is 13.2 Å². The predicted molar refractivity (Wildman–Crippen MR) is 159 cm³/mol. The summed E-state index contributed by atoms with van der Waals surface area (Å²) in [6, 6.07) is 9.64. The standard InChI is InChI=1S/C31H40N6O3S/c1-41(39,40)27-11-8-23-14-21(15-24(23)18-27)17-26(38)16-20-6-9-25(10-7-20)33-31-32-13-12-29(35-31)34-30-19-28(36-37-30)22-4-2-3-5-22/h8,11-13,18-22,25H,2-7,9-10,14-17H2,1H3,(H3,32,33,34,35,36,37). The SMILES string of the molecule is CS(=O)(=O)c1ccc2c(c1)CC(CC(=O)CC1CCC(Nc3nccc(Nc4cc(C5CCCC5)[nH]n4)n3)CC1)C2. The zero-order valence-corrected chi connectivity index (χ0v) is 24.5. The first-order valence-corrected chi connectivity index (χ1v) is 16.9. The van der Waals surface area contributed by atoms with Crippen LogP contribution in [0.25, 0.3) is 0 Å². The number of H-pyrrole nitrogens is 1. The van der Waals surface area contributed by atoms with E-state index in [1.54, 1.807) is 18.3 Å². The molecule has 9 nitrogen and oxygen atoms in total. The van der Waals surface area contributed by atoms with Gasteiger partial charge in [0.15, 0.2) is 15.7 Å². The Labute approximate surface area is 242 Å². The van der Waals surface area contributed by atoms with Crippen LogP contribution in [0, 0.1) is 11.8 Å². The fourth-order valence-corrected chi connectivity index (χ4v) is 7.63. The first kappa shape index (κ1) is 27.9. The molecule has 0 saturated heterocycles. The number of nitrogens with one attached hydrogen (secondary N) is 3. The summed E-state index contributed by atoms with van der Waals surface area (Å²) >= 11 is 0. The lowest BCUT2D eigenvalue weighted by Crippen LogP contribution is -2.28. The smallest absolute Gasteiger partial charge is 0.224 e. The number of anilines is 3. The number of nitrogens with zero attached hydrogens (tertiary/aromatic N) is 3. The molecule has 0 bridgehead atoms. The molecule has 3 aromatic rings. The Morgan fingerprint density at radius 3 is 2.46 bits per heavy atom. The van der Waals surface area contributed by atoms with Crippen molar-refractivity contribution in [2.24, 2.45) is 11.8 Å². The molecule has 0 aliphatic heterocycles. The number of carbonyl (C=O) groups is 1. The van der Waals surface area contributed by atoms with Gasteiger partial charge in [0.1, 0.15) is 11.6 Å². The highest BCUT2D eigenvalue weighted by Crippen LogP contribution is 2.35. The van der Waals surface area contributed by atoms with E-state index in [-0.39, 0.29) is 5.92 Å². The molecule has 0 radical (unpaired) electrons. The minimum absolute atomic E-state index is 0.277. The van der Waals surface area contributed by atoms with E-state index >= 15 is 0 Å². The van der Waals surface area contributed by atoms with E-state index in [1.807, 2.05) is 12.1 Å². The quantitative estimate of drug-likeness (QED) is 0.279. The third-order valence-corrected chi connectivity index (χ3v) is 10.3. The Balaban J connectivity index is 0.942. The molecule has 10 heteroatoms. The van der Waals surface area contributed by atoms with E-state index in [0.29, 0.717) is 53.2 Å². The van der Waals surface area contributed by atoms with Crippen LogP contribution in [0.5, 0.6) is 0 Å². The number of rotatable bonds is 10. The lowest BCUT2D eigenvalue weighted by molar-refractivity contribution is -0.121. The van der Waals surface area contributed by atoms with Crippen molar-refractivity contribution < 1.29 is 13.2 Å². The number of Topliss-reactive ketones (excluding diaryl/α,β-unsaturated/α-hetero) is 1. The summed E-state index contributed by atoms with van der Waals surface area (Å²) in [6.45, 7) is 0. The lowest BCUT2D eigenvalue weighted by Gasteiger charge is -2.29. The van der Waals surface area contributed by atoms with Crippen LogP contribution >= 0.6 is 0 Å². The number of ketones is 1. The van der Waals surface area contributed by atoms with E-state index in [4.69, 9.17) is 0 Å². The van der Waals surface area contributed by atoms with E-state index in [1.165, 1.54) is 43.2 Å². The summed E-state index contributed by atoms with van der Waals surface area (Å²) in [5.41, 5.74) is 3.46. The molecule has 3 aliphatic rings. The number of hydrogen-bond donors (Lipinski definition) is 3. The van der Waals surface area contributed by atoms with Gasteiger partial charge in [-0.1, -0.05) is 18.9 Å². The molecule has 0 amide bonds. The summed E-state index contributed by atoms with van der Waals surface area (Å²) < 4.78 is 23.8. The van der Waals surface area contributed by atoms with Crippen LogP contribution in [0.2, 0.25) is 0 Å². The second-order valence-corrected chi connectivity index (χ2v) is 14.4. The van der Waals surface area contributed by atoms with Gasteiger partial charge in [0.2, 0.25) is 5.95 Å². The second kappa shape index (κ2) is 11.9. The molecule has 1 aromatic carbocycles. The Morgan fingerprint density at radius 1 is 0.927 bits per heavy atom. The van der Waals surface area contributed by atoms with Crippen molar-refractivity contribution in [3.63, 3.8) is 0 Å². The van der Waals surface area contributed by atoms with E-state index < -0.39 is 9.84 Å². The van der Waals surface area contributed by atoms with Gasteiger partial charge < -0.3 is 10.6 Å². The van der Waals surface area contributed by atoms with Gasteiger partial charge in [-0.25, -0.2) is 13.4 Å². The minimum atomic E-state index is -3.21. The van der Waals surface area contributed by atoms with E-state index in [0.717, 1.165) is 49.9 Å². The van der Waals surface area contributed by atoms with Crippen LogP contribution < -0.4 is 10.6 Å². The highest BCUT2D eigenvalue weighted by molar-refractivity contribution is 7.90. The Kier molecular flexibility index (Phi) is 8.10. The molecule has 1 atom stereocenters. The van der Waals surface area contributed by atoms with Crippen LogP contribution in [-0.4, -0.2) is 46.7 Å². The van der Waals surface area contributed by atoms with Gasteiger partial charge in [-0.3, -0.25) is 9.89 Å². The van der Waals surface area contributed by atoms with Crippen LogP contribution in [0.4, 0.5) is 17.6 Å². The van der Waals surface area contributed by atoms with E-state index in [2.05, 4.69) is 36.9 Å². The Bertz CT molecular complexity index is 1490. The number of aromatic amines is 1. The van der Waals surface area contributed by atoms with Gasteiger partial charge in [0.25, 0.3) is 0 Å². The fourth-order valence-electron chi connectivity index (χ4n) is 6.96. The van der Waals surface area contributed by atoms with Gasteiger partial charge in [0, 0.05) is 49.0 Å². The molecule has 218 valence electrons. The summed E-state index contributed by atoms with van der Waals surface area (Å²) in [5, 5.41) is 14.4. The topological polar surface area (TPSA) is 130 Å². The highest BCUT2D eigenvalue weighted by Gasteiger charge is 2.28. The normalized spacial score (nSPS) is 22.9. The number of benzene rings is 1. The largest absolute Gasteiger partial charge is 0.351 e. The van der Waals surface area contributed by atoms with Crippen molar-refractivity contribution in [2.75, 3.05) is 16.9 Å². The van der Waals surface area contributed by atoms with Gasteiger partial charge in [0.05, 0.1) is 4.90 Å². The molecule has 2 aromatic heterocycles. The van der Waals surface area contributed by atoms with Gasteiger partial charge in [-0.15, -0.1) is 0 Å². The molecule has 2 fully saturated rings. The highest BCUT2D eigenvalue weighted by atomic mass is 32.2. The van der Waals surface area contributed by atoms with Crippen LogP contribution in [-0.2, 0) is 27.5 Å². The van der Waals surface area contributed by atoms with Crippen molar-refractivity contribution in [1.82, 2.24) is 20.2 Å². The van der Waals surface area contributed by atoms with Crippen molar-refractivity contribution in [1.29, 1.82) is 0 Å². The first-order valence-electron chi connectivity index (χ1n) is 15.0. The maximum Gasteiger partial charge on any atom is 0.224 e. The zero-order chi connectivity index (χ0) is 28.4. The average Bonchev–Trinajstić information content (AvgIpc) is 3.70. The summed E-state index contributed by atoms with van der Waals surface area (Å²) in [4.78, 5) is 22.4. The van der Waals surface area contributed by atoms with Gasteiger partial charge in [-0.2, -0.15) is 10.1 Å². The zero-order valence-electron chi connectivity index (χ0n) is 23.7. The third kappa shape index (κ3) is 6.97. The van der Waals surface area contributed by atoms with Crippen molar-refractivity contribution in [3.05, 3.63) is 53.3 Å². The average molecular weight is 577 g/mol. The van der Waals surface area contributed by atoms with Gasteiger partial charge in [-0.05, 0) is 92.5 Å². The second-order valence-electron chi connectivity index (χ2n) is 12.4. The van der Waals surface area contributed by atoms with Crippen LogP contribution in [0.1, 0.15) is 86.9 Å². The molecule has 1 unspecified atom stereocenters. The fraction of sp³-hybridized carbons (Fsp3) is 0.548. The molecule has 3 aliphatic carbocycles. The molecule has 0 spiro atoms. The van der Waals surface area contributed by atoms with Crippen LogP contribution in [0.15, 0.2) is 41.4 Å². The van der Waals surface area contributed by atoms with Crippen LogP contribution in [0.3, 0.4) is 0 Å². The molecule has 2 saturated carbocycles. The van der Waals surface area contributed by atoms with Crippen molar-refractivity contribution in [2.45, 2.75) is 93.9 Å². The monoisotopic (exact) mass is 576 g/mol. The third-order valence-electron chi connectivity index (χ3n) is 9.14. The maximum atomic E-state index is 12.9.